The van der Waals surface area contributed by atoms with E-state index < -0.39 is 0 Å². The van der Waals surface area contributed by atoms with Gasteiger partial charge in [-0.2, -0.15) is 0 Å². The second kappa shape index (κ2) is 12.8. The Bertz CT molecular complexity index is 106. The molecule has 0 saturated heterocycles. The van der Waals surface area contributed by atoms with Gasteiger partial charge in [-0.25, -0.2) is 0 Å². The van der Waals surface area contributed by atoms with Gasteiger partial charge in [0.25, 0.3) is 0 Å². The minimum Gasteiger partial charge on any atom is -1.00 e. The Hall–Kier alpha value is 0.180. The van der Waals surface area contributed by atoms with Crippen LogP contribution in [-0.2, 0) is 0 Å². The molecule has 0 fully saturated rings. The molecule has 0 aliphatic heterocycles. The zero-order valence-corrected chi connectivity index (χ0v) is 9.33. The molecule has 0 saturated carbocycles. The fourth-order valence-electron chi connectivity index (χ4n) is 0.385. The van der Waals surface area contributed by atoms with Crippen LogP contribution in [0.3, 0.4) is 0 Å². The molecule has 1 nitrogen and oxygen atoms in total. The van der Waals surface area contributed by atoms with Crippen LogP contribution >= 0.6 is 0 Å². The van der Waals surface area contributed by atoms with Gasteiger partial charge in [0.05, 0.1) is 0 Å². The number of benzene rings is 1. The summed E-state index contributed by atoms with van der Waals surface area (Å²) in [5, 5.41) is 7.88. The summed E-state index contributed by atoms with van der Waals surface area (Å²) < 4.78 is 0. The first-order chi connectivity index (χ1) is 4.91. The Labute approximate surface area is 92.2 Å². The molecule has 2 heteroatoms. The Morgan fingerprint density at radius 1 is 1.00 bits per heavy atom. The fourth-order valence-corrected chi connectivity index (χ4v) is 0.385. The molecule has 0 aliphatic carbocycles. The minimum absolute atomic E-state index is 0. The standard InChI is InChI=1S/C6H6.C3H8O.Na.H/c1-2-4-6-5-3-1;1-2-3-4;;/h1-6H;4H,2-3H2,1H3;;/q;;+1;-1. The van der Waals surface area contributed by atoms with E-state index in [0.717, 1.165) is 6.42 Å². The van der Waals surface area contributed by atoms with Crippen LogP contribution in [-0.4, -0.2) is 11.7 Å². The van der Waals surface area contributed by atoms with Crippen molar-refractivity contribution in [3.8, 4) is 0 Å². The normalized spacial score (nSPS) is 7.09. The van der Waals surface area contributed by atoms with Crippen molar-refractivity contribution >= 4 is 0 Å². The summed E-state index contributed by atoms with van der Waals surface area (Å²) in [6.07, 6.45) is 0.875. The molecule has 1 N–H and O–H groups in total. The summed E-state index contributed by atoms with van der Waals surface area (Å²) in [5.41, 5.74) is 0. The smallest absolute Gasteiger partial charge is 1.00 e. The maximum atomic E-state index is 7.88. The summed E-state index contributed by atoms with van der Waals surface area (Å²) in [6, 6.07) is 12.0. The molecule has 0 amide bonds. The molecular formula is C9H15NaO. The van der Waals surface area contributed by atoms with Gasteiger partial charge in [0.1, 0.15) is 0 Å². The summed E-state index contributed by atoms with van der Waals surface area (Å²) in [4.78, 5) is 0. The van der Waals surface area contributed by atoms with Gasteiger partial charge in [-0.3, -0.25) is 0 Å². The maximum Gasteiger partial charge on any atom is 1.00 e. The molecule has 0 atom stereocenters. The van der Waals surface area contributed by atoms with E-state index in [9.17, 15) is 0 Å². The average molecular weight is 162 g/mol. The first-order valence-corrected chi connectivity index (χ1v) is 3.52. The van der Waals surface area contributed by atoms with Crippen LogP contribution in [0.5, 0.6) is 0 Å². The number of aliphatic hydroxyl groups excluding tert-OH is 1. The Morgan fingerprint density at radius 3 is 1.27 bits per heavy atom. The van der Waals surface area contributed by atoms with Gasteiger partial charge >= 0.3 is 29.6 Å². The molecule has 11 heavy (non-hydrogen) atoms. The van der Waals surface area contributed by atoms with E-state index >= 15 is 0 Å². The molecule has 58 valence electrons. The molecular weight excluding hydrogens is 147 g/mol. The quantitative estimate of drug-likeness (QED) is 0.536. The Morgan fingerprint density at radius 2 is 1.18 bits per heavy atom. The molecule has 0 radical (unpaired) electrons. The molecule has 1 rings (SSSR count). The van der Waals surface area contributed by atoms with E-state index in [1.54, 1.807) is 0 Å². The van der Waals surface area contributed by atoms with E-state index in [1.807, 2.05) is 43.3 Å². The van der Waals surface area contributed by atoms with E-state index in [4.69, 9.17) is 5.11 Å². The van der Waals surface area contributed by atoms with Crippen molar-refractivity contribution < 1.29 is 36.1 Å². The monoisotopic (exact) mass is 162 g/mol. The average Bonchev–Trinajstić information content (AvgIpc) is 2.08. The van der Waals surface area contributed by atoms with Crippen molar-refractivity contribution in [1.29, 1.82) is 0 Å². The van der Waals surface area contributed by atoms with Gasteiger partial charge in [-0.1, -0.05) is 43.3 Å². The topological polar surface area (TPSA) is 20.2 Å². The summed E-state index contributed by atoms with van der Waals surface area (Å²) >= 11 is 0. The maximum absolute atomic E-state index is 7.88. The van der Waals surface area contributed by atoms with Gasteiger partial charge in [0.2, 0.25) is 0 Å². The van der Waals surface area contributed by atoms with Crippen LogP contribution in [0.25, 0.3) is 0 Å². The van der Waals surface area contributed by atoms with Crippen molar-refractivity contribution in [2.75, 3.05) is 6.61 Å². The van der Waals surface area contributed by atoms with Crippen LogP contribution in [0.2, 0.25) is 0 Å². The molecule has 0 aromatic heterocycles. The van der Waals surface area contributed by atoms with Crippen LogP contribution in [0.4, 0.5) is 0 Å². The third-order valence-corrected chi connectivity index (χ3v) is 0.890. The Kier molecular flexibility index (Phi) is 16.0. The largest absolute Gasteiger partial charge is 1.00 e. The number of hydrogen-bond donors (Lipinski definition) is 1. The van der Waals surface area contributed by atoms with Gasteiger partial charge in [0.15, 0.2) is 0 Å². The van der Waals surface area contributed by atoms with Crippen LogP contribution in [0.15, 0.2) is 36.4 Å². The molecule has 1 aromatic carbocycles. The van der Waals surface area contributed by atoms with Gasteiger partial charge in [-0.15, -0.1) is 0 Å². The third kappa shape index (κ3) is 13.2. The second-order valence-electron chi connectivity index (χ2n) is 1.88. The first kappa shape index (κ1) is 13.7. The van der Waals surface area contributed by atoms with Gasteiger partial charge in [-0.05, 0) is 6.42 Å². The zero-order chi connectivity index (χ0) is 7.66. The van der Waals surface area contributed by atoms with Crippen LogP contribution in [0.1, 0.15) is 14.8 Å². The summed E-state index contributed by atoms with van der Waals surface area (Å²) in [7, 11) is 0. The van der Waals surface area contributed by atoms with Crippen molar-refractivity contribution in [3.05, 3.63) is 36.4 Å². The number of aliphatic hydroxyl groups is 1. The van der Waals surface area contributed by atoms with E-state index in [-0.39, 0.29) is 31.0 Å². The Balaban J connectivity index is -0.000000124. The third-order valence-electron chi connectivity index (χ3n) is 0.890. The van der Waals surface area contributed by atoms with E-state index in [2.05, 4.69) is 0 Å². The van der Waals surface area contributed by atoms with Gasteiger partial charge in [0, 0.05) is 6.61 Å². The van der Waals surface area contributed by atoms with Gasteiger partial charge < -0.3 is 6.53 Å². The van der Waals surface area contributed by atoms with Crippen molar-refractivity contribution in [2.45, 2.75) is 13.3 Å². The predicted octanol–water partition coefficient (Wildman–Crippen LogP) is -0.808. The van der Waals surface area contributed by atoms with Crippen LogP contribution in [0, 0.1) is 0 Å². The first-order valence-electron chi connectivity index (χ1n) is 3.52. The second-order valence-corrected chi connectivity index (χ2v) is 1.88. The summed E-state index contributed by atoms with van der Waals surface area (Å²) in [5.74, 6) is 0. The number of hydrogen-bond acceptors (Lipinski definition) is 1. The zero-order valence-electron chi connectivity index (χ0n) is 8.33. The van der Waals surface area contributed by atoms with E-state index in [1.165, 1.54) is 0 Å². The molecule has 0 spiro atoms. The molecule has 0 bridgehead atoms. The summed E-state index contributed by atoms with van der Waals surface area (Å²) in [6.45, 7) is 2.25. The van der Waals surface area contributed by atoms with Crippen molar-refractivity contribution in [2.24, 2.45) is 0 Å². The number of rotatable bonds is 1. The molecule has 0 aliphatic rings. The van der Waals surface area contributed by atoms with Crippen molar-refractivity contribution in [3.63, 3.8) is 0 Å². The fraction of sp³-hybridized carbons (Fsp3) is 0.333. The molecule has 1 aromatic rings. The van der Waals surface area contributed by atoms with Crippen LogP contribution < -0.4 is 29.6 Å². The van der Waals surface area contributed by atoms with E-state index in [0.29, 0.717) is 6.61 Å². The minimum atomic E-state index is 0. The van der Waals surface area contributed by atoms with Crippen molar-refractivity contribution in [1.82, 2.24) is 0 Å². The molecule has 0 unspecified atom stereocenters. The SMILES string of the molecule is CCCO.[H-].[Na+].c1ccccc1. The predicted molar refractivity (Wildman–Crippen MR) is 44.9 cm³/mol. The molecule has 0 heterocycles.